The normalized spacial score (nSPS) is 25.3. The molecule has 1 unspecified atom stereocenters. The molecule has 1 heterocycles. The first-order chi connectivity index (χ1) is 6.62. The van der Waals surface area contributed by atoms with Gasteiger partial charge in [-0.15, -0.1) is 0 Å². The Hall–Kier alpha value is -1.57. The van der Waals surface area contributed by atoms with Crippen molar-refractivity contribution >= 4 is 11.9 Å². The molecule has 1 rings (SSSR count). The fraction of sp³-hybridized carbons (Fsp3) is 0.667. The van der Waals surface area contributed by atoms with Crippen LogP contribution in [0.25, 0.3) is 0 Å². The number of carbonyl (C=O) groups excluding carboxylic acids is 2. The molecule has 1 aliphatic rings. The number of carbonyl (C=O) groups is 2. The molecule has 14 heavy (non-hydrogen) atoms. The lowest BCUT2D eigenvalue weighted by Gasteiger charge is -2.15. The fourth-order valence-corrected chi connectivity index (χ4v) is 1.43. The van der Waals surface area contributed by atoms with Crippen molar-refractivity contribution in [2.75, 3.05) is 13.2 Å². The Morgan fingerprint density at radius 2 is 2.50 bits per heavy atom. The maximum atomic E-state index is 11.2. The maximum absolute atomic E-state index is 11.2. The van der Waals surface area contributed by atoms with Crippen LogP contribution < -0.4 is 5.32 Å². The third-order valence-electron chi connectivity index (χ3n) is 2.15. The van der Waals surface area contributed by atoms with Crippen molar-refractivity contribution in [1.29, 1.82) is 5.26 Å². The molecule has 0 saturated carbocycles. The van der Waals surface area contributed by atoms with Gasteiger partial charge in [0.05, 0.1) is 24.5 Å². The summed E-state index contributed by atoms with van der Waals surface area (Å²) in [6.45, 7) is 2.23. The number of rotatable bonds is 3. The van der Waals surface area contributed by atoms with Crippen molar-refractivity contribution in [3.63, 3.8) is 0 Å². The molecule has 0 aromatic rings. The predicted octanol–water partition coefficient (Wildman–Crippen LogP) is -0.0305. The van der Waals surface area contributed by atoms with Gasteiger partial charge in [0.2, 0.25) is 5.91 Å². The number of ether oxygens (including phenoxy) is 1. The Morgan fingerprint density at radius 3 is 2.93 bits per heavy atom. The van der Waals surface area contributed by atoms with Crippen molar-refractivity contribution in [2.24, 2.45) is 5.41 Å². The van der Waals surface area contributed by atoms with Gasteiger partial charge in [0, 0.05) is 13.0 Å². The second kappa shape index (κ2) is 4.09. The maximum Gasteiger partial charge on any atom is 0.307 e. The Balaban J connectivity index is 2.60. The molecule has 0 bridgehead atoms. The van der Waals surface area contributed by atoms with Crippen molar-refractivity contribution in [3.8, 4) is 6.07 Å². The van der Waals surface area contributed by atoms with Gasteiger partial charge >= 0.3 is 5.97 Å². The third kappa shape index (κ3) is 2.22. The SMILES string of the molecule is CCOC(=O)CC1(C#N)CNC(=O)C1. The van der Waals surface area contributed by atoms with Crippen LogP contribution in [0, 0.1) is 16.7 Å². The minimum Gasteiger partial charge on any atom is -0.466 e. The van der Waals surface area contributed by atoms with E-state index in [-0.39, 0.29) is 25.3 Å². The minimum absolute atomic E-state index is 0.0178. The van der Waals surface area contributed by atoms with Crippen molar-refractivity contribution in [2.45, 2.75) is 19.8 Å². The molecule has 0 aliphatic carbocycles. The summed E-state index contributed by atoms with van der Waals surface area (Å²) < 4.78 is 4.74. The molecule has 76 valence electrons. The summed E-state index contributed by atoms with van der Waals surface area (Å²) >= 11 is 0. The van der Waals surface area contributed by atoms with Gasteiger partial charge in [-0.2, -0.15) is 5.26 Å². The summed E-state index contributed by atoms with van der Waals surface area (Å²) in [4.78, 5) is 22.1. The molecule has 5 nitrogen and oxygen atoms in total. The first-order valence-corrected chi connectivity index (χ1v) is 4.45. The van der Waals surface area contributed by atoms with Gasteiger partial charge in [0.25, 0.3) is 0 Å². The zero-order chi connectivity index (χ0) is 10.6. The Bertz CT molecular complexity index is 295. The summed E-state index contributed by atoms with van der Waals surface area (Å²) in [5.74, 6) is -0.610. The van der Waals surface area contributed by atoms with E-state index in [1.807, 2.05) is 6.07 Å². The van der Waals surface area contributed by atoms with Gasteiger partial charge in [0.1, 0.15) is 0 Å². The van der Waals surface area contributed by atoms with E-state index in [0.29, 0.717) is 6.61 Å². The molecule has 1 aliphatic heterocycles. The number of hydrogen-bond donors (Lipinski definition) is 1. The lowest BCUT2D eigenvalue weighted by molar-refractivity contribution is -0.144. The number of amides is 1. The predicted molar refractivity (Wildman–Crippen MR) is 46.9 cm³/mol. The molecule has 1 N–H and O–H groups in total. The van der Waals surface area contributed by atoms with E-state index in [2.05, 4.69) is 5.32 Å². The number of nitrogens with zero attached hydrogens (tertiary/aromatic N) is 1. The first kappa shape index (κ1) is 10.5. The van der Waals surface area contributed by atoms with Crippen LogP contribution in [0.3, 0.4) is 0 Å². The zero-order valence-corrected chi connectivity index (χ0v) is 8.00. The quantitative estimate of drug-likeness (QED) is 0.643. The Kier molecular flexibility index (Phi) is 3.07. The van der Waals surface area contributed by atoms with E-state index in [9.17, 15) is 9.59 Å². The van der Waals surface area contributed by atoms with Crippen LogP contribution in [0.1, 0.15) is 19.8 Å². The number of esters is 1. The minimum atomic E-state index is -0.899. The molecular weight excluding hydrogens is 184 g/mol. The van der Waals surface area contributed by atoms with E-state index in [1.54, 1.807) is 6.92 Å². The number of hydrogen-bond acceptors (Lipinski definition) is 4. The van der Waals surface area contributed by atoms with Crippen molar-refractivity contribution < 1.29 is 14.3 Å². The molecule has 1 fully saturated rings. The van der Waals surface area contributed by atoms with Crippen LogP contribution in [-0.4, -0.2) is 25.0 Å². The highest BCUT2D eigenvalue weighted by Gasteiger charge is 2.41. The number of nitriles is 1. The highest BCUT2D eigenvalue weighted by molar-refractivity contribution is 5.82. The summed E-state index contributed by atoms with van der Waals surface area (Å²) in [7, 11) is 0. The van der Waals surface area contributed by atoms with E-state index < -0.39 is 11.4 Å². The molecule has 0 spiro atoms. The summed E-state index contributed by atoms with van der Waals surface area (Å²) in [6, 6.07) is 2.01. The molecule has 1 saturated heterocycles. The molecule has 5 heteroatoms. The van der Waals surface area contributed by atoms with Gasteiger partial charge in [-0.3, -0.25) is 9.59 Å². The molecule has 0 aromatic heterocycles. The molecule has 0 aromatic carbocycles. The smallest absolute Gasteiger partial charge is 0.307 e. The van der Waals surface area contributed by atoms with E-state index in [0.717, 1.165) is 0 Å². The van der Waals surface area contributed by atoms with Crippen LogP contribution in [0.15, 0.2) is 0 Å². The lowest BCUT2D eigenvalue weighted by Crippen LogP contribution is -2.26. The van der Waals surface area contributed by atoms with Crippen LogP contribution >= 0.6 is 0 Å². The van der Waals surface area contributed by atoms with E-state index >= 15 is 0 Å². The van der Waals surface area contributed by atoms with Gasteiger partial charge < -0.3 is 10.1 Å². The van der Waals surface area contributed by atoms with Crippen LogP contribution in [0.4, 0.5) is 0 Å². The largest absolute Gasteiger partial charge is 0.466 e. The van der Waals surface area contributed by atoms with E-state index in [4.69, 9.17) is 10.00 Å². The third-order valence-corrected chi connectivity index (χ3v) is 2.15. The van der Waals surface area contributed by atoms with Crippen LogP contribution in [0.5, 0.6) is 0 Å². The van der Waals surface area contributed by atoms with Crippen LogP contribution in [0.2, 0.25) is 0 Å². The average Bonchev–Trinajstić information content (AvgIpc) is 2.48. The lowest BCUT2D eigenvalue weighted by atomic mass is 9.85. The summed E-state index contributed by atoms with van der Waals surface area (Å²) in [5.41, 5.74) is -0.899. The van der Waals surface area contributed by atoms with Gasteiger partial charge in [0.15, 0.2) is 0 Å². The highest BCUT2D eigenvalue weighted by atomic mass is 16.5. The highest BCUT2D eigenvalue weighted by Crippen LogP contribution is 2.29. The second-order valence-electron chi connectivity index (χ2n) is 3.33. The average molecular weight is 196 g/mol. The second-order valence-corrected chi connectivity index (χ2v) is 3.33. The topological polar surface area (TPSA) is 79.2 Å². The van der Waals surface area contributed by atoms with Gasteiger partial charge in [-0.05, 0) is 6.92 Å². The molecular formula is C9H12N2O3. The standard InChI is InChI=1S/C9H12N2O3/c1-2-14-8(13)4-9(5-10)3-7(12)11-6-9/h2-4,6H2,1H3,(H,11,12). The Morgan fingerprint density at radius 1 is 1.79 bits per heavy atom. The van der Waals surface area contributed by atoms with Crippen molar-refractivity contribution in [1.82, 2.24) is 5.32 Å². The summed E-state index contributed by atoms with van der Waals surface area (Å²) in [5, 5.41) is 11.4. The number of nitrogens with one attached hydrogen (secondary N) is 1. The van der Waals surface area contributed by atoms with Crippen LogP contribution in [-0.2, 0) is 14.3 Å². The zero-order valence-electron chi connectivity index (χ0n) is 8.00. The van der Waals surface area contributed by atoms with Crippen molar-refractivity contribution in [3.05, 3.63) is 0 Å². The molecule has 1 atom stereocenters. The monoisotopic (exact) mass is 196 g/mol. The van der Waals surface area contributed by atoms with E-state index in [1.165, 1.54) is 0 Å². The van der Waals surface area contributed by atoms with Gasteiger partial charge in [-0.1, -0.05) is 0 Å². The Labute approximate surface area is 82.0 Å². The summed E-state index contributed by atoms with van der Waals surface area (Å²) in [6.07, 6.45) is 0.0679. The van der Waals surface area contributed by atoms with Gasteiger partial charge in [-0.25, -0.2) is 0 Å². The fourth-order valence-electron chi connectivity index (χ4n) is 1.43. The molecule has 0 radical (unpaired) electrons. The first-order valence-electron chi connectivity index (χ1n) is 4.45. The molecule has 1 amide bonds.